The maximum atomic E-state index is 12.6. The second-order valence-electron chi connectivity index (χ2n) is 7.82. The topological polar surface area (TPSA) is 38.3 Å². The van der Waals surface area contributed by atoms with E-state index in [0.29, 0.717) is 17.4 Å². The number of thiophene rings is 1. The molecule has 0 radical (unpaired) electrons. The van der Waals surface area contributed by atoms with Crippen LogP contribution >= 0.6 is 11.3 Å². The van der Waals surface area contributed by atoms with Crippen LogP contribution in [0.5, 0.6) is 5.75 Å². The first-order chi connectivity index (χ1) is 13.8. The second kappa shape index (κ2) is 9.27. The number of hydrogen-bond acceptors (Lipinski definition) is 3. The summed E-state index contributed by atoms with van der Waals surface area (Å²) in [5, 5.41) is 5.08. The minimum atomic E-state index is -0.0478. The Hall–Kier alpha value is -2.59. The molecule has 1 N–H and O–H groups in total. The minimum Gasteiger partial charge on any atom is -0.489 e. The summed E-state index contributed by atoms with van der Waals surface area (Å²) in [6.45, 7) is 11.0. The standard InChI is InChI=1S/C25H29NO2S/c1-16(2)21-9-11-22(12-10-21)19(5)26-25(27)24-13-20(15-29-24)14-28-23-8-6-7-17(3)18(23)4/h6-13,15-16,19H,14H2,1-5H3,(H,26,27). The summed E-state index contributed by atoms with van der Waals surface area (Å²) >= 11 is 1.45. The van der Waals surface area contributed by atoms with Crippen molar-refractivity contribution in [2.75, 3.05) is 0 Å². The predicted molar refractivity (Wildman–Crippen MR) is 121 cm³/mol. The maximum absolute atomic E-state index is 12.6. The average Bonchev–Trinajstić information content (AvgIpc) is 3.18. The van der Waals surface area contributed by atoms with E-state index in [1.54, 1.807) is 0 Å². The Bertz CT molecular complexity index is 973. The summed E-state index contributed by atoms with van der Waals surface area (Å²) in [7, 11) is 0. The first-order valence-corrected chi connectivity index (χ1v) is 10.9. The number of nitrogens with one attached hydrogen (secondary N) is 1. The Balaban J connectivity index is 1.59. The van der Waals surface area contributed by atoms with Gasteiger partial charge in [-0.15, -0.1) is 11.3 Å². The minimum absolute atomic E-state index is 0.0412. The maximum Gasteiger partial charge on any atom is 0.261 e. The summed E-state index contributed by atoms with van der Waals surface area (Å²) in [5.41, 5.74) is 5.79. The van der Waals surface area contributed by atoms with E-state index in [0.717, 1.165) is 22.4 Å². The van der Waals surface area contributed by atoms with E-state index in [9.17, 15) is 4.79 Å². The molecule has 2 aromatic carbocycles. The molecule has 0 fully saturated rings. The number of ether oxygens (including phenoxy) is 1. The fourth-order valence-corrected chi connectivity index (χ4v) is 3.93. The lowest BCUT2D eigenvalue weighted by molar-refractivity contribution is 0.0944. The van der Waals surface area contributed by atoms with Crippen LogP contribution < -0.4 is 10.1 Å². The molecule has 3 nitrogen and oxygen atoms in total. The van der Waals surface area contributed by atoms with Crippen molar-refractivity contribution in [2.24, 2.45) is 0 Å². The van der Waals surface area contributed by atoms with Crippen molar-refractivity contribution in [3.63, 3.8) is 0 Å². The van der Waals surface area contributed by atoms with Crippen LogP contribution in [0.4, 0.5) is 0 Å². The van der Waals surface area contributed by atoms with Crippen LogP contribution in [0.2, 0.25) is 0 Å². The van der Waals surface area contributed by atoms with Crippen molar-refractivity contribution < 1.29 is 9.53 Å². The molecule has 0 aliphatic carbocycles. The number of rotatable bonds is 7. The van der Waals surface area contributed by atoms with E-state index in [2.05, 4.69) is 63.3 Å². The third-order valence-electron chi connectivity index (χ3n) is 5.28. The van der Waals surface area contributed by atoms with Crippen LogP contribution in [0, 0.1) is 13.8 Å². The van der Waals surface area contributed by atoms with Gasteiger partial charge in [-0.25, -0.2) is 0 Å². The van der Waals surface area contributed by atoms with Crippen molar-refractivity contribution in [1.82, 2.24) is 5.32 Å². The molecule has 1 unspecified atom stereocenters. The van der Waals surface area contributed by atoms with Crippen LogP contribution in [-0.4, -0.2) is 5.91 Å². The van der Waals surface area contributed by atoms with Gasteiger partial charge in [-0.2, -0.15) is 0 Å². The van der Waals surface area contributed by atoms with E-state index in [1.807, 2.05) is 30.5 Å². The van der Waals surface area contributed by atoms with Gasteiger partial charge >= 0.3 is 0 Å². The summed E-state index contributed by atoms with van der Waals surface area (Å²) in [4.78, 5) is 13.4. The smallest absolute Gasteiger partial charge is 0.261 e. The van der Waals surface area contributed by atoms with E-state index in [4.69, 9.17) is 4.74 Å². The SMILES string of the molecule is Cc1cccc(OCc2csc(C(=O)NC(C)c3ccc(C(C)C)cc3)c2)c1C. The third kappa shape index (κ3) is 5.27. The predicted octanol–water partition coefficient (Wildman–Crippen LogP) is 6.56. The van der Waals surface area contributed by atoms with Gasteiger partial charge in [0.25, 0.3) is 5.91 Å². The van der Waals surface area contributed by atoms with Gasteiger partial charge in [-0.1, -0.05) is 50.2 Å². The summed E-state index contributed by atoms with van der Waals surface area (Å²) < 4.78 is 5.95. The number of carbonyl (C=O) groups is 1. The second-order valence-corrected chi connectivity index (χ2v) is 8.73. The lowest BCUT2D eigenvalue weighted by atomic mass is 9.99. The van der Waals surface area contributed by atoms with Gasteiger partial charge in [-0.05, 0) is 66.5 Å². The normalized spacial score (nSPS) is 12.1. The molecule has 0 aliphatic heterocycles. The van der Waals surface area contributed by atoms with Gasteiger partial charge in [0.2, 0.25) is 0 Å². The van der Waals surface area contributed by atoms with Crippen molar-refractivity contribution in [3.8, 4) is 5.75 Å². The molecule has 152 valence electrons. The zero-order valence-corrected chi connectivity index (χ0v) is 18.6. The first kappa shape index (κ1) is 21.1. The van der Waals surface area contributed by atoms with Crippen LogP contribution in [0.15, 0.2) is 53.9 Å². The number of carbonyl (C=O) groups excluding carboxylic acids is 1. The molecular formula is C25H29NO2S. The summed E-state index contributed by atoms with van der Waals surface area (Å²) in [5.74, 6) is 1.35. The van der Waals surface area contributed by atoms with E-state index in [1.165, 1.54) is 22.5 Å². The van der Waals surface area contributed by atoms with Gasteiger partial charge in [0.05, 0.1) is 10.9 Å². The molecule has 3 aromatic rings. The van der Waals surface area contributed by atoms with Crippen molar-refractivity contribution in [2.45, 2.75) is 53.2 Å². The molecule has 0 saturated carbocycles. The Morgan fingerprint density at radius 1 is 1.03 bits per heavy atom. The molecule has 0 saturated heterocycles. The molecule has 3 rings (SSSR count). The molecule has 0 aliphatic rings. The highest BCUT2D eigenvalue weighted by molar-refractivity contribution is 7.12. The molecule has 1 heterocycles. The fraction of sp³-hybridized carbons (Fsp3) is 0.320. The van der Waals surface area contributed by atoms with Gasteiger partial charge < -0.3 is 10.1 Å². The Morgan fingerprint density at radius 3 is 2.41 bits per heavy atom. The van der Waals surface area contributed by atoms with E-state index >= 15 is 0 Å². The number of amides is 1. The monoisotopic (exact) mass is 407 g/mol. The van der Waals surface area contributed by atoms with Crippen LogP contribution in [0.25, 0.3) is 0 Å². The van der Waals surface area contributed by atoms with Crippen molar-refractivity contribution >= 4 is 17.2 Å². The molecule has 1 amide bonds. The van der Waals surface area contributed by atoms with Gasteiger partial charge in [0.15, 0.2) is 0 Å². The van der Waals surface area contributed by atoms with Crippen LogP contribution in [0.3, 0.4) is 0 Å². The molecule has 1 aromatic heterocycles. The van der Waals surface area contributed by atoms with Gasteiger partial charge in [0, 0.05) is 5.56 Å². The van der Waals surface area contributed by atoms with E-state index < -0.39 is 0 Å². The largest absolute Gasteiger partial charge is 0.489 e. The lowest BCUT2D eigenvalue weighted by Crippen LogP contribution is -2.25. The number of aryl methyl sites for hydroxylation is 1. The van der Waals surface area contributed by atoms with Crippen LogP contribution in [-0.2, 0) is 6.61 Å². The highest BCUT2D eigenvalue weighted by Crippen LogP contribution is 2.24. The average molecular weight is 408 g/mol. The molecule has 1 atom stereocenters. The number of benzene rings is 2. The lowest BCUT2D eigenvalue weighted by Gasteiger charge is -2.15. The van der Waals surface area contributed by atoms with Gasteiger partial charge in [0.1, 0.15) is 12.4 Å². The zero-order valence-electron chi connectivity index (χ0n) is 17.8. The number of hydrogen-bond donors (Lipinski definition) is 1. The summed E-state index contributed by atoms with van der Waals surface area (Å²) in [6.07, 6.45) is 0. The Morgan fingerprint density at radius 2 is 1.72 bits per heavy atom. The van der Waals surface area contributed by atoms with Crippen LogP contribution in [0.1, 0.15) is 70.2 Å². The first-order valence-electron chi connectivity index (χ1n) is 10.0. The molecule has 0 spiro atoms. The molecule has 4 heteroatoms. The highest BCUT2D eigenvalue weighted by Gasteiger charge is 2.14. The van der Waals surface area contributed by atoms with E-state index in [-0.39, 0.29) is 11.9 Å². The highest BCUT2D eigenvalue weighted by atomic mass is 32.1. The molecular weight excluding hydrogens is 378 g/mol. The van der Waals surface area contributed by atoms with Crippen molar-refractivity contribution in [3.05, 3.63) is 86.6 Å². The molecule has 0 bridgehead atoms. The fourth-order valence-electron chi connectivity index (χ4n) is 3.13. The quantitative estimate of drug-likeness (QED) is 0.482. The molecule has 29 heavy (non-hydrogen) atoms. The summed E-state index contributed by atoms with van der Waals surface area (Å²) in [6, 6.07) is 16.4. The Kier molecular flexibility index (Phi) is 6.75. The Labute approximate surface area is 177 Å². The zero-order chi connectivity index (χ0) is 21.0. The van der Waals surface area contributed by atoms with Crippen molar-refractivity contribution in [1.29, 1.82) is 0 Å². The third-order valence-corrected chi connectivity index (χ3v) is 6.26. The van der Waals surface area contributed by atoms with Gasteiger partial charge in [-0.3, -0.25) is 4.79 Å².